The minimum absolute atomic E-state index is 0.0705. The first kappa shape index (κ1) is 17.3. The van der Waals surface area contributed by atoms with Crippen LogP contribution in [0, 0.1) is 6.92 Å². The summed E-state index contributed by atoms with van der Waals surface area (Å²) in [6.07, 6.45) is 3.61. The van der Waals surface area contributed by atoms with Crippen LogP contribution in [0.25, 0.3) is 0 Å². The van der Waals surface area contributed by atoms with Crippen LogP contribution in [-0.2, 0) is 6.54 Å². The predicted octanol–water partition coefficient (Wildman–Crippen LogP) is 1.75. The lowest BCUT2D eigenvalue weighted by Gasteiger charge is -2.31. The highest BCUT2D eigenvalue weighted by atomic mass is 16.5. The lowest BCUT2D eigenvalue weighted by molar-refractivity contribution is 0.0694. The van der Waals surface area contributed by atoms with Crippen LogP contribution in [0.5, 0.6) is 0 Å². The highest BCUT2D eigenvalue weighted by molar-refractivity contribution is 5.92. The molecule has 2 aromatic rings. The van der Waals surface area contributed by atoms with Crippen molar-refractivity contribution in [2.45, 2.75) is 52.0 Å². The minimum Gasteiger partial charge on any atom is -0.340 e. The number of carbonyl (C=O) groups is 1. The summed E-state index contributed by atoms with van der Waals surface area (Å²) >= 11 is 0. The van der Waals surface area contributed by atoms with Crippen molar-refractivity contribution in [2.75, 3.05) is 13.1 Å². The van der Waals surface area contributed by atoms with Crippen molar-refractivity contribution in [3.05, 3.63) is 39.9 Å². The average Bonchev–Trinajstić information content (AvgIpc) is 3.07. The van der Waals surface area contributed by atoms with Gasteiger partial charge < -0.3 is 9.42 Å². The number of likely N-dealkylation sites (tertiary alicyclic amines) is 1. The van der Waals surface area contributed by atoms with E-state index >= 15 is 0 Å². The van der Waals surface area contributed by atoms with Crippen LogP contribution in [-0.4, -0.2) is 43.8 Å². The van der Waals surface area contributed by atoms with Gasteiger partial charge in [0, 0.05) is 38.5 Å². The molecule has 0 bridgehead atoms. The fourth-order valence-electron chi connectivity index (χ4n) is 3.05. The van der Waals surface area contributed by atoms with Gasteiger partial charge in [-0.3, -0.25) is 9.59 Å². The molecular weight excluding hydrogens is 322 g/mol. The van der Waals surface area contributed by atoms with E-state index in [1.54, 1.807) is 11.8 Å². The number of rotatable bonds is 5. The lowest BCUT2D eigenvalue weighted by atomic mass is 9.97. The Morgan fingerprint density at radius 3 is 2.96 bits per heavy atom. The molecule has 0 saturated carbocycles. The quantitative estimate of drug-likeness (QED) is 0.819. The van der Waals surface area contributed by atoms with E-state index in [0.29, 0.717) is 37.0 Å². The molecule has 0 aliphatic carbocycles. The Balaban J connectivity index is 1.75. The first-order valence-corrected chi connectivity index (χ1v) is 8.76. The van der Waals surface area contributed by atoms with Crippen molar-refractivity contribution in [2.24, 2.45) is 0 Å². The summed E-state index contributed by atoms with van der Waals surface area (Å²) in [5.74, 6) is 1.09. The average molecular weight is 345 g/mol. The maximum absolute atomic E-state index is 12.8. The van der Waals surface area contributed by atoms with E-state index in [2.05, 4.69) is 15.2 Å². The van der Waals surface area contributed by atoms with E-state index in [9.17, 15) is 9.59 Å². The summed E-state index contributed by atoms with van der Waals surface area (Å²) in [5, 5.41) is 8.23. The zero-order valence-corrected chi connectivity index (χ0v) is 14.6. The van der Waals surface area contributed by atoms with Crippen LogP contribution in [0.15, 0.2) is 21.5 Å². The number of nitrogens with zero attached hydrogens (tertiary/aromatic N) is 5. The monoisotopic (exact) mass is 345 g/mol. The van der Waals surface area contributed by atoms with Gasteiger partial charge in [-0.2, -0.15) is 10.1 Å². The maximum atomic E-state index is 12.8. The molecule has 1 atom stereocenters. The zero-order chi connectivity index (χ0) is 17.8. The van der Waals surface area contributed by atoms with Crippen molar-refractivity contribution in [1.82, 2.24) is 24.8 Å². The molecule has 2 aromatic heterocycles. The molecule has 1 saturated heterocycles. The van der Waals surface area contributed by atoms with Crippen molar-refractivity contribution in [3.8, 4) is 0 Å². The fraction of sp³-hybridized carbons (Fsp3) is 0.588. The molecule has 8 heteroatoms. The van der Waals surface area contributed by atoms with Gasteiger partial charge in [0.25, 0.3) is 11.5 Å². The highest BCUT2D eigenvalue weighted by Gasteiger charge is 2.29. The van der Waals surface area contributed by atoms with Crippen molar-refractivity contribution >= 4 is 5.91 Å². The smallest absolute Gasteiger partial charge is 0.274 e. The summed E-state index contributed by atoms with van der Waals surface area (Å²) in [4.78, 5) is 30.7. The van der Waals surface area contributed by atoms with Gasteiger partial charge in [0.1, 0.15) is 5.69 Å². The number of carbonyl (C=O) groups excluding carboxylic acids is 1. The second kappa shape index (κ2) is 7.58. The molecular formula is C17H23N5O3. The van der Waals surface area contributed by atoms with Gasteiger partial charge in [-0.15, -0.1) is 0 Å². The SMILES string of the molecule is CCCCn1nc(C(=O)N2CCC[C@H](c3noc(C)n3)C2)ccc1=O. The second-order valence-electron chi connectivity index (χ2n) is 6.40. The summed E-state index contributed by atoms with van der Waals surface area (Å²) in [6, 6.07) is 2.93. The molecule has 1 fully saturated rings. The molecule has 3 heterocycles. The van der Waals surface area contributed by atoms with Crippen LogP contribution in [0.2, 0.25) is 0 Å². The van der Waals surface area contributed by atoms with Gasteiger partial charge in [-0.25, -0.2) is 4.68 Å². The van der Waals surface area contributed by atoms with Gasteiger partial charge in [-0.05, 0) is 25.3 Å². The van der Waals surface area contributed by atoms with Crippen LogP contribution in [0.4, 0.5) is 0 Å². The molecule has 8 nitrogen and oxygen atoms in total. The summed E-state index contributed by atoms with van der Waals surface area (Å²) in [7, 11) is 0. The molecule has 25 heavy (non-hydrogen) atoms. The third-order valence-electron chi connectivity index (χ3n) is 4.43. The van der Waals surface area contributed by atoms with E-state index in [1.807, 2.05) is 6.92 Å². The third-order valence-corrected chi connectivity index (χ3v) is 4.43. The van der Waals surface area contributed by atoms with Gasteiger partial charge in [-0.1, -0.05) is 18.5 Å². The Bertz CT molecular complexity index is 798. The highest BCUT2D eigenvalue weighted by Crippen LogP contribution is 2.25. The molecule has 134 valence electrons. The molecule has 0 spiro atoms. The second-order valence-corrected chi connectivity index (χ2v) is 6.40. The molecule has 0 unspecified atom stereocenters. The minimum atomic E-state index is -0.177. The van der Waals surface area contributed by atoms with Gasteiger partial charge in [0.2, 0.25) is 5.89 Å². The van der Waals surface area contributed by atoms with E-state index in [4.69, 9.17) is 4.52 Å². The van der Waals surface area contributed by atoms with Gasteiger partial charge in [0.15, 0.2) is 5.82 Å². The number of hydrogen-bond donors (Lipinski definition) is 0. The molecule has 1 aliphatic rings. The number of piperidine rings is 1. The van der Waals surface area contributed by atoms with Crippen LogP contribution < -0.4 is 5.56 Å². The normalized spacial score (nSPS) is 17.7. The Morgan fingerprint density at radius 1 is 1.40 bits per heavy atom. The summed E-state index contributed by atoms with van der Waals surface area (Å²) in [5.41, 5.74) is 0.129. The lowest BCUT2D eigenvalue weighted by Crippen LogP contribution is -2.40. The van der Waals surface area contributed by atoms with E-state index in [1.165, 1.54) is 16.8 Å². The van der Waals surface area contributed by atoms with Crippen LogP contribution in [0.1, 0.15) is 60.7 Å². The first-order valence-electron chi connectivity index (χ1n) is 8.76. The Hall–Kier alpha value is -2.51. The van der Waals surface area contributed by atoms with E-state index in [-0.39, 0.29) is 17.4 Å². The fourth-order valence-corrected chi connectivity index (χ4v) is 3.05. The number of unbranched alkanes of at least 4 members (excludes halogenated alkanes) is 1. The van der Waals surface area contributed by atoms with Crippen molar-refractivity contribution in [1.29, 1.82) is 0 Å². The maximum Gasteiger partial charge on any atom is 0.274 e. The first-order chi connectivity index (χ1) is 12.1. The molecule has 0 N–H and O–H groups in total. The summed E-state index contributed by atoms with van der Waals surface area (Å²) < 4.78 is 6.43. The molecule has 0 radical (unpaired) electrons. The number of aryl methyl sites for hydroxylation is 2. The number of hydrogen-bond acceptors (Lipinski definition) is 6. The Kier molecular flexibility index (Phi) is 5.25. The largest absolute Gasteiger partial charge is 0.340 e. The predicted molar refractivity (Wildman–Crippen MR) is 90.3 cm³/mol. The van der Waals surface area contributed by atoms with Gasteiger partial charge in [0.05, 0.1) is 0 Å². The number of aromatic nitrogens is 4. The van der Waals surface area contributed by atoms with E-state index in [0.717, 1.165) is 25.7 Å². The standard InChI is InChI=1S/C17H23N5O3/c1-3-4-10-22-15(23)8-7-14(19-22)17(24)21-9-5-6-13(11-21)16-18-12(2)25-20-16/h7-8,13H,3-6,9-11H2,1-2H3/t13-/m0/s1. The molecule has 0 aromatic carbocycles. The molecule has 1 amide bonds. The Morgan fingerprint density at radius 2 is 2.24 bits per heavy atom. The van der Waals surface area contributed by atoms with Crippen LogP contribution in [0.3, 0.4) is 0 Å². The zero-order valence-electron chi connectivity index (χ0n) is 14.6. The third kappa shape index (κ3) is 3.94. The van der Waals surface area contributed by atoms with Crippen molar-refractivity contribution in [3.63, 3.8) is 0 Å². The van der Waals surface area contributed by atoms with Crippen molar-refractivity contribution < 1.29 is 9.32 Å². The molecule has 3 rings (SSSR count). The molecule has 1 aliphatic heterocycles. The number of amides is 1. The summed E-state index contributed by atoms with van der Waals surface area (Å²) in [6.45, 7) is 5.54. The van der Waals surface area contributed by atoms with E-state index < -0.39 is 0 Å². The Labute approximate surface area is 145 Å². The van der Waals surface area contributed by atoms with Gasteiger partial charge >= 0.3 is 0 Å². The topological polar surface area (TPSA) is 94.1 Å². The van der Waals surface area contributed by atoms with Crippen LogP contribution >= 0.6 is 0 Å².